The van der Waals surface area contributed by atoms with Gasteiger partial charge in [-0.2, -0.15) is 0 Å². The van der Waals surface area contributed by atoms with Gasteiger partial charge < -0.3 is 25.4 Å². The standard InChI is InChI=1S/C17H31NO4S/c1-9-13(19)14(20)15(21)16(22-9)23-12-7-11(8-17(12,2)3)18-10-5-4-6-10/h9-16,18-21H,4-8H2,1-3H3/t9-,11?,12?,13+,14+,15-,16-/m0/s1. The summed E-state index contributed by atoms with van der Waals surface area (Å²) in [5.74, 6) is 0. The molecular formula is C17H31NO4S. The number of aliphatic hydroxyl groups excluding tert-OH is 3. The SMILES string of the molecule is C[C@@H]1O[C@@H](SC2CC(NC3CCC3)CC2(C)C)[C@@H](O)[C@H](O)[C@@H]1O. The largest absolute Gasteiger partial charge is 0.388 e. The van der Waals surface area contributed by atoms with Crippen molar-refractivity contribution in [3.8, 4) is 0 Å². The number of hydrogen-bond acceptors (Lipinski definition) is 6. The van der Waals surface area contributed by atoms with Crippen molar-refractivity contribution < 1.29 is 20.1 Å². The fourth-order valence-electron chi connectivity index (χ4n) is 3.99. The van der Waals surface area contributed by atoms with Crippen LogP contribution in [0.2, 0.25) is 0 Å². The van der Waals surface area contributed by atoms with Crippen molar-refractivity contribution in [2.24, 2.45) is 5.41 Å². The van der Waals surface area contributed by atoms with E-state index in [1.807, 2.05) is 0 Å². The second kappa shape index (κ2) is 6.81. The molecule has 0 spiro atoms. The van der Waals surface area contributed by atoms with Gasteiger partial charge in [0.15, 0.2) is 0 Å². The smallest absolute Gasteiger partial charge is 0.132 e. The number of nitrogens with one attached hydrogen (secondary N) is 1. The molecule has 3 rings (SSSR count). The summed E-state index contributed by atoms with van der Waals surface area (Å²) in [5.41, 5.74) is -0.311. The molecule has 3 fully saturated rings. The van der Waals surface area contributed by atoms with E-state index in [-0.39, 0.29) is 5.41 Å². The predicted molar refractivity (Wildman–Crippen MR) is 91.3 cm³/mol. The Hall–Kier alpha value is 0.150. The lowest BCUT2D eigenvalue weighted by Gasteiger charge is -2.41. The zero-order valence-corrected chi connectivity index (χ0v) is 15.1. The average molecular weight is 346 g/mol. The molecule has 0 aromatic carbocycles. The molecule has 7 atom stereocenters. The van der Waals surface area contributed by atoms with Crippen molar-refractivity contribution in [3.05, 3.63) is 0 Å². The van der Waals surface area contributed by atoms with E-state index in [4.69, 9.17) is 4.74 Å². The van der Waals surface area contributed by atoms with Crippen LogP contribution in [0, 0.1) is 5.41 Å². The van der Waals surface area contributed by atoms with Crippen LogP contribution in [-0.4, -0.2) is 62.5 Å². The lowest BCUT2D eigenvalue weighted by molar-refractivity contribution is -0.192. The summed E-state index contributed by atoms with van der Waals surface area (Å²) in [7, 11) is 0. The van der Waals surface area contributed by atoms with Crippen molar-refractivity contribution in [1.29, 1.82) is 0 Å². The first-order valence-corrected chi connectivity index (χ1v) is 9.83. The summed E-state index contributed by atoms with van der Waals surface area (Å²) in [6.45, 7) is 6.29. The minimum absolute atomic E-state index is 0.166. The van der Waals surface area contributed by atoms with E-state index in [0.29, 0.717) is 17.3 Å². The first-order valence-electron chi connectivity index (χ1n) is 8.89. The minimum atomic E-state index is -1.13. The minimum Gasteiger partial charge on any atom is -0.388 e. The van der Waals surface area contributed by atoms with Gasteiger partial charge in [-0.1, -0.05) is 20.3 Å². The Bertz CT molecular complexity index is 417. The van der Waals surface area contributed by atoms with Gasteiger partial charge >= 0.3 is 0 Å². The summed E-state index contributed by atoms with van der Waals surface area (Å²) in [5, 5.41) is 34.2. The third kappa shape index (κ3) is 3.72. The average Bonchev–Trinajstić information content (AvgIpc) is 2.72. The number of thioether (sulfide) groups is 1. The fourth-order valence-corrected chi connectivity index (χ4v) is 5.68. The summed E-state index contributed by atoms with van der Waals surface area (Å²) < 4.78 is 5.77. The number of rotatable bonds is 4. The van der Waals surface area contributed by atoms with Crippen LogP contribution in [0.5, 0.6) is 0 Å². The molecule has 1 heterocycles. The highest BCUT2D eigenvalue weighted by Crippen LogP contribution is 2.48. The van der Waals surface area contributed by atoms with Crippen LogP contribution in [0.15, 0.2) is 0 Å². The predicted octanol–water partition coefficient (Wildman–Crippen LogP) is 1.25. The maximum atomic E-state index is 10.2. The molecule has 6 heteroatoms. The third-order valence-corrected chi connectivity index (χ3v) is 7.64. The lowest BCUT2D eigenvalue weighted by atomic mass is 9.90. The monoisotopic (exact) mass is 345 g/mol. The van der Waals surface area contributed by atoms with Gasteiger partial charge in [-0.15, -0.1) is 11.8 Å². The van der Waals surface area contributed by atoms with Gasteiger partial charge in [-0.25, -0.2) is 0 Å². The Morgan fingerprint density at radius 3 is 2.35 bits per heavy atom. The molecule has 2 aliphatic carbocycles. The molecule has 3 aliphatic rings. The molecule has 5 nitrogen and oxygen atoms in total. The molecule has 0 aromatic rings. The fraction of sp³-hybridized carbons (Fsp3) is 1.00. The quantitative estimate of drug-likeness (QED) is 0.614. The van der Waals surface area contributed by atoms with Crippen molar-refractivity contribution in [2.75, 3.05) is 0 Å². The van der Waals surface area contributed by atoms with Crippen LogP contribution < -0.4 is 5.32 Å². The molecule has 134 valence electrons. The Morgan fingerprint density at radius 2 is 1.74 bits per heavy atom. The number of ether oxygens (including phenoxy) is 1. The molecule has 23 heavy (non-hydrogen) atoms. The zero-order valence-electron chi connectivity index (χ0n) is 14.3. The lowest BCUT2D eigenvalue weighted by Crippen LogP contribution is -2.56. The molecule has 0 bridgehead atoms. The topological polar surface area (TPSA) is 82.0 Å². The highest BCUT2D eigenvalue weighted by atomic mass is 32.2. The van der Waals surface area contributed by atoms with Gasteiger partial charge in [0.2, 0.25) is 0 Å². The van der Waals surface area contributed by atoms with Crippen LogP contribution in [-0.2, 0) is 4.74 Å². The van der Waals surface area contributed by atoms with Crippen LogP contribution >= 0.6 is 11.8 Å². The van der Waals surface area contributed by atoms with Crippen LogP contribution in [0.3, 0.4) is 0 Å². The molecular weight excluding hydrogens is 314 g/mol. The number of aliphatic hydroxyl groups is 3. The highest BCUT2D eigenvalue weighted by molar-refractivity contribution is 8.00. The van der Waals surface area contributed by atoms with E-state index in [9.17, 15) is 15.3 Å². The molecule has 1 aliphatic heterocycles. The van der Waals surface area contributed by atoms with Gasteiger partial charge in [-0.3, -0.25) is 0 Å². The Kier molecular flexibility index (Phi) is 5.31. The molecule has 2 saturated carbocycles. The van der Waals surface area contributed by atoms with Crippen LogP contribution in [0.1, 0.15) is 52.9 Å². The Morgan fingerprint density at radius 1 is 1.04 bits per heavy atom. The van der Waals surface area contributed by atoms with Crippen molar-refractivity contribution in [2.45, 2.75) is 100 Å². The van der Waals surface area contributed by atoms with Crippen molar-refractivity contribution in [1.82, 2.24) is 5.32 Å². The van der Waals surface area contributed by atoms with Crippen molar-refractivity contribution >= 4 is 11.8 Å². The summed E-state index contributed by atoms with van der Waals surface area (Å²) in [6, 6.07) is 1.22. The van der Waals surface area contributed by atoms with Crippen molar-refractivity contribution in [3.63, 3.8) is 0 Å². The first kappa shape index (κ1) is 18.0. The summed E-state index contributed by atoms with van der Waals surface area (Å²) >= 11 is 1.63. The van der Waals surface area contributed by atoms with Gasteiger partial charge in [-0.05, 0) is 38.0 Å². The van der Waals surface area contributed by atoms with E-state index < -0.39 is 29.9 Å². The Balaban J connectivity index is 1.59. The van der Waals surface area contributed by atoms with Crippen LogP contribution in [0.25, 0.3) is 0 Å². The molecule has 1 saturated heterocycles. The number of hydrogen-bond donors (Lipinski definition) is 4. The van der Waals surface area contributed by atoms with E-state index in [0.717, 1.165) is 12.8 Å². The second-order valence-corrected chi connectivity index (χ2v) is 9.53. The summed E-state index contributed by atoms with van der Waals surface area (Å²) in [4.78, 5) is 0. The normalized spacial score (nSPS) is 47.5. The maximum Gasteiger partial charge on any atom is 0.132 e. The zero-order chi connectivity index (χ0) is 16.8. The molecule has 0 radical (unpaired) electrons. The molecule has 0 amide bonds. The molecule has 4 N–H and O–H groups in total. The van der Waals surface area contributed by atoms with Gasteiger partial charge in [0.05, 0.1) is 6.10 Å². The molecule has 2 unspecified atom stereocenters. The van der Waals surface area contributed by atoms with Crippen LogP contribution in [0.4, 0.5) is 0 Å². The van der Waals surface area contributed by atoms with Gasteiger partial charge in [0.25, 0.3) is 0 Å². The maximum absolute atomic E-state index is 10.2. The van der Waals surface area contributed by atoms with Gasteiger partial charge in [0.1, 0.15) is 23.7 Å². The van der Waals surface area contributed by atoms with Gasteiger partial charge in [0, 0.05) is 17.3 Å². The van der Waals surface area contributed by atoms with E-state index in [1.165, 1.54) is 19.3 Å². The first-order chi connectivity index (χ1) is 10.8. The summed E-state index contributed by atoms with van der Waals surface area (Å²) in [6.07, 6.45) is 2.46. The van der Waals surface area contributed by atoms with E-state index in [1.54, 1.807) is 18.7 Å². The molecule has 0 aromatic heterocycles. The third-order valence-electron chi connectivity index (χ3n) is 5.83. The van der Waals surface area contributed by atoms with E-state index in [2.05, 4.69) is 19.2 Å². The highest BCUT2D eigenvalue weighted by Gasteiger charge is 2.47. The second-order valence-electron chi connectivity index (χ2n) is 8.23. The van der Waals surface area contributed by atoms with E-state index >= 15 is 0 Å². The Labute approximate surface area is 143 Å².